The zero-order chi connectivity index (χ0) is 15.9. The number of carbonyl (C=O) groups is 3. The molecular formula is C16H15N3O3. The first kappa shape index (κ1) is 15.4. The fourth-order valence-corrected chi connectivity index (χ4v) is 2.11. The number of likely N-dealkylation sites (tertiary alicyclic amines) is 1. The molecule has 0 aliphatic carbocycles. The van der Waals surface area contributed by atoms with Crippen molar-refractivity contribution in [2.45, 2.75) is 12.8 Å². The van der Waals surface area contributed by atoms with Crippen molar-refractivity contribution >= 4 is 23.8 Å². The van der Waals surface area contributed by atoms with Gasteiger partial charge in [0, 0.05) is 32.0 Å². The molecular weight excluding hydrogens is 282 g/mol. The minimum atomic E-state index is -0.318. The zero-order valence-corrected chi connectivity index (χ0v) is 11.9. The minimum absolute atomic E-state index is 0.192. The van der Waals surface area contributed by atoms with E-state index in [0.29, 0.717) is 5.56 Å². The predicted octanol–water partition coefficient (Wildman–Crippen LogP) is 0.837. The Bertz CT molecular complexity index is 657. The SMILES string of the molecule is N#Cc1cccc(C=CC(=O)NCCN2C(=O)CCC2=O)c1. The van der Waals surface area contributed by atoms with Crippen molar-refractivity contribution in [2.24, 2.45) is 0 Å². The Hall–Kier alpha value is -2.94. The van der Waals surface area contributed by atoms with Crippen molar-refractivity contribution in [3.8, 4) is 6.07 Å². The zero-order valence-electron chi connectivity index (χ0n) is 11.9. The van der Waals surface area contributed by atoms with Crippen LogP contribution in [0.25, 0.3) is 6.08 Å². The lowest BCUT2D eigenvalue weighted by Gasteiger charge is -2.13. The topological polar surface area (TPSA) is 90.3 Å². The standard InChI is InChI=1S/C16H15N3O3/c17-11-13-3-1-2-12(10-13)4-5-14(20)18-8-9-19-15(21)6-7-16(19)22/h1-5,10H,6-9H2,(H,18,20). The lowest BCUT2D eigenvalue weighted by molar-refractivity contribution is -0.138. The highest BCUT2D eigenvalue weighted by molar-refractivity contribution is 6.02. The van der Waals surface area contributed by atoms with Gasteiger partial charge in [-0.15, -0.1) is 0 Å². The summed E-state index contributed by atoms with van der Waals surface area (Å²) in [6.45, 7) is 0.417. The van der Waals surface area contributed by atoms with E-state index in [4.69, 9.17) is 5.26 Å². The summed E-state index contributed by atoms with van der Waals surface area (Å²) in [7, 11) is 0. The highest BCUT2D eigenvalue weighted by Gasteiger charge is 2.27. The number of imide groups is 1. The molecule has 0 aromatic heterocycles. The molecule has 6 nitrogen and oxygen atoms in total. The highest BCUT2D eigenvalue weighted by atomic mass is 16.2. The fourth-order valence-electron chi connectivity index (χ4n) is 2.11. The van der Waals surface area contributed by atoms with Crippen LogP contribution in [0.15, 0.2) is 30.3 Å². The molecule has 22 heavy (non-hydrogen) atoms. The minimum Gasteiger partial charge on any atom is -0.351 e. The Balaban J connectivity index is 1.80. The maximum absolute atomic E-state index is 11.7. The molecule has 0 bridgehead atoms. The first-order valence-electron chi connectivity index (χ1n) is 6.89. The second kappa shape index (κ2) is 7.18. The summed E-state index contributed by atoms with van der Waals surface area (Å²) in [6, 6.07) is 8.90. The summed E-state index contributed by atoms with van der Waals surface area (Å²) in [4.78, 5) is 35.6. The van der Waals surface area contributed by atoms with Crippen molar-refractivity contribution in [3.63, 3.8) is 0 Å². The van der Waals surface area contributed by atoms with E-state index in [0.717, 1.165) is 5.56 Å². The van der Waals surface area contributed by atoms with E-state index in [1.807, 2.05) is 6.07 Å². The molecule has 0 spiro atoms. The highest BCUT2D eigenvalue weighted by Crippen LogP contribution is 2.10. The average Bonchev–Trinajstić information content (AvgIpc) is 2.85. The third-order valence-electron chi connectivity index (χ3n) is 3.23. The molecule has 1 N–H and O–H groups in total. The lowest BCUT2D eigenvalue weighted by Crippen LogP contribution is -2.37. The lowest BCUT2D eigenvalue weighted by atomic mass is 10.1. The van der Waals surface area contributed by atoms with E-state index < -0.39 is 0 Å². The Morgan fingerprint density at radius 3 is 2.73 bits per heavy atom. The van der Waals surface area contributed by atoms with Crippen LogP contribution in [0.3, 0.4) is 0 Å². The molecule has 1 heterocycles. The van der Waals surface area contributed by atoms with Crippen LogP contribution in [-0.2, 0) is 14.4 Å². The number of rotatable bonds is 5. The Morgan fingerprint density at radius 2 is 2.05 bits per heavy atom. The van der Waals surface area contributed by atoms with Gasteiger partial charge in [-0.2, -0.15) is 5.26 Å². The van der Waals surface area contributed by atoms with Crippen LogP contribution in [-0.4, -0.2) is 35.7 Å². The van der Waals surface area contributed by atoms with E-state index in [-0.39, 0.29) is 43.7 Å². The number of hydrogen-bond acceptors (Lipinski definition) is 4. The summed E-state index contributed by atoms with van der Waals surface area (Å²) in [5.41, 5.74) is 1.27. The van der Waals surface area contributed by atoms with Gasteiger partial charge in [0.05, 0.1) is 11.6 Å². The van der Waals surface area contributed by atoms with Gasteiger partial charge in [-0.05, 0) is 23.8 Å². The molecule has 0 atom stereocenters. The van der Waals surface area contributed by atoms with Crippen molar-refractivity contribution in [2.75, 3.05) is 13.1 Å². The van der Waals surface area contributed by atoms with Gasteiger partial charge in [0.2, 0.25) is 17.7 Å². The molecule has 1 aromatic rings. The first-order valence-corrected chi connectivity index (χ1v) is 6.89. The van der Waals surface area contributed by atoms with Gasteiger partial charge in [-0.3, -0.25) is 19.3 Å². The Labute approximate surface area is 128 Å². The summed E-state index contributed by atoms with van der Waals surface area (Å²) in [5.74, 6) is -0.701. The van der Waals surface area contributed by atoms with Crippen molar-refractivity contribution < 1.29 is 14.4 Å². The van der Waals surface area contributed by atoms with Crippen molar-refractivity contribution in [1.82, 2.24) is 10.2 Å². The van der Waals surface area contributed by atoms with E-state index in [9.17, 15) is 14.4 Å². The van der Waals surface area contributed by atoms with Crippen LogP contribution in [0.1, 0.15) is 24.0 Å². The number of benzene rings is 1. The second-order valence-corrected chi connectivity index (χ2v) is 4.80. The van der Waals surface area contributed by atoms with E-state index in [1.54, 1.807) is 30.3 Å². The monoisotopic (exact) mass is 297 g/mol. The molecule has 0 radical (unpaired) electrons. The Morgan fingerprint density at radius 1 is 1.32 bits per heavy atom. The maximum atomic E-state index is 11.7. The van der Waals surface area contributed by atoms with Gasteiger partial charge < -0.3 is 5.32 Å². The van der Waals surface area contributed by atoms with Crippen LogP contribution in [0.4, 0.5) is 0 Å². The van der Waals surface area contributed by atoms with Crippen molar-refractivity contribution in [1.29, 1.82) is 5.26 Å². The molecule has 2 rings (SSSR count). The van der Waals surface area contributed by atoms with Crippen LogP contribution >= 0.6 is 0 Å². The third-order valence-corrected chi connectivity index (χ3v) is 3.23. The molecule has 1 aromatic carbocycles. The smallest absolute Gasteiger partial charge is 0.244 e. The summed E-state index contributed by atoms with van der Waals surface area (Å²) >= 11 is 0. The predicted molar refractivity (Wildman–Crippen MR) is 79.2 cm³/mol. The maximum Gasteiger partial charge on any atom is 0.244 e. The van der Waals surface area contributed by atoms with Gasteiger partial charge in [0.25, 0.3) is 0 Å². The normalized spacial score (nSPS) is 14.4. The van der Waals surface area contributed by atoms with E-state index >= 15 is 0 Å². The quantitative estimate of drug-likeness (QED) is 0.644. The van der Waals surface area contributed by atoms with Gasteiger partial charge in [-0.25, -0.2) is 0 Å². The summed E-state index contributed by atoms with van der Waals surface area (Å²) in [6.07, 6.45) is 3.45. The molecule has 1 aliphatic rings. The molecule has 1 saturated heterocycles. The van der Waals surface area contributed by atoms with E-state index in [2.05, 4.69) is 5.32 Å². The van der Waals surface area contributed by atoms with Gasteiger partial charge in [-0.1, -0.05) is 12.1 Å². The third kappa shape index (κ3) is 4.03. The molecule has 0 unspecified atom stereocenters. The number of nitriles is 1. The fraction of sp³-hybridized carbons (Fsp3) is 0.250. The van der Waals surface area contributed by atoms with Gasteiger partial charge in [0.1, 0.15) is 0 Å². The number of carbonyl (C=O) groups excluding carboxylic acids is 3. The first-order chi connectivity index (χ1) is 10.6. The molecule has 3 amide bonds. The molecule has 0 saturated carbocycles. The molecule has 1 aliphatic heterocycles. The van der Waals surface area contributed by atoms with Crippen LogP contribution in [0.5, 0.6) is 0 Å². The number of nitrogens with one attached hydrogen (secondary N) is 1. The second-order valence-electron chi connectivity index (χ2n) is 4.80. The van der Waals surface area contributed by atoms with Gasteiger partial charge in [0.15, 0.2) is 0 Å². The van der Waals surface area contributed by atoms with E-state index in [1.165, 1.54) is 11.0 Å². The van der Waals surface area contributed by atoms with Crippen molar-refractivity contribution in [3.05, 3.63) is 41.5 Å². The van der Waals surface area contributed by atoms with Gasteiger partial charge >= 0.3 is 0 Å². The average molecular weight is 297 g/mol. The summed E-state index contributed by atoms with van der Waals surface area (Å²) in [5, 5.41) is 11.4. The van der Waals surface area contributed by atoms with Crippen LogP contribution in [0.2, 0.25) is 0 Å². The molecule has 1 fully saturated rings. The molecule has 6 heteroatoms. The van der Waals surface area contributed by atoms with Crippen LogP contribution < -0.4 is 5.32 Å². The number of nitrogens with zero attached hydrogens (tertiary/aromatic N) is 2. The number of hydrogen-bond donors (Lipinski definition) is 1. The molecule has 112 valence electrons. The largest absolute Gasteiger partial charge is 0.351 e. The van der Waals surface area contributed by atoms with Crippen LogP contribution in [0, 0.1) is 11.3 Å². The Kier molecular flexibility index (Phi) is 5.04. The summed E-state index contributed by atoms with van der Waals surface area (Å²) < 4.78 is 0. The number of amides is 3.